The molecule has 0 radical (unpaired) electrons. The van der Waals surface area contributed by atoms with Crippen LogP contribution in [0.2, 0.25) is 0 Å². The van der Waals surface area contributed by atoms with E-state index in [0.29, 0.717) is 41.8 Å². The van der Waals surface area contributed by atoms with Gasteiger partial charge in [-0.2, -0.15) is 4.98 Å². The average molecular weight is 582 g/mol. The number of hydrogen-bond acceptors (Lipinski definition) is 10. The summed E-state index contributed by atoms with van der Waals surface area (Å²) in [5.41, 5.74) is 1.99. The van der Waals surface area contributed by atoms with E-state index >= 15 is 0 Å². The number of nitrogens with zero attached hydrogens (tertiary/aromatic N) is 5. The van der Waals surface area contributed by atoms with Crippen molar-refractivity contribution in [2.45, 2.75) is 77.1 Å². The summed E-state index contributed by atoms with van der Waals surface area (Å²) >= 11 is 0. The Kier molecular flexibility index (Phi) is 11.0. The smallest absolute Gasteiger partial charge is 0.251 e. The van der Waals surface area contributed by atoms with Gasteiger partial charge in [0, 0.05) is 38.3 Å². The number of likely N-dealkylation sites (tertiary alicyclic amines) is 1. The van der Waals surface area contributed by atoms with Gasteiger partial charge in [0.05, 0.1) is 29.7 Å². The zero-order chi connectivity index (χ0) is 30.2. The number of amides is 1. The van der Waals surface area contributed by atoms with Gasteiger partial charge in [0.15, 0.2) is 5.82 Å². The summed E-state index contributed by atoms with van der Waals surface area (Å²) in [6.45, 7) is 9.15. The number of carbonyl (C=O) groups is 2. The van der Waals surface area contributed by atoms with Crippen LogP contribution in [0.25, 0.3) is 0 Å². The number of hydrogen-bond donors (Lipinski definition) is 2. The molecule has 2 aliphatic heterocycles. The molecule has 230 valence electrons. The van der Waals surface area contributed by atoms with Gasteiger partial charge in [0.1, 0.15) is 18.6 Å². The van der Waals surface area contributed by atoms with E-state index in [9.17, 15) is 9.59 Å². The number of piperidine rings is 1. The highest BCUT2D eigenvalue weighted by Crippen LogP contribution is 2.33. The van der Waals surface area contributed by atoms with E-state index in [0.717, 1.165) is 57.4 Å². The van der Waals surface area contributed by atoms with Crippen LogP contribution >= 0.6 is 0 Å². The minimum absolute atomic E-state index is 0.0192. The number of nitrogens with one attached hydrogen (secondary N) is 2. The number of rotatable bonds is 13. The van der Waals surface area contributed by atoms with E-state index in [2.05, 4.69) is 27.6 Å². The van der Waals surface area contributed by atoms with Crippen LogP contribution in [0.5, 0.6) is 5.75 Å². The number of anilines is 4. The minimum Gasteiger partial charge on any atom is -0.489 e. The molecule has 11 heteroatoms. The molecular weight excluding hydrogens is 534 g/mol. The van der Waals surface area contributed by atoms with Crippen molar-refractivity contribution in [3.63, 3.8) is 0 Å². The highest BCUT2D eigenvalue weighted by molar-refractivity contribution is 5.95. The van der Waals surface area contributed by atoms with Crippen molar-refractivity contribution in [1.29, 1.82) is 0 Å². The van der Waals surface area contributed by atoms with Gasteiger partial charge in [-0.25, -0.2) is 4.98 Å². The van der Waals surface area contributed by atoms with E-state index < -0.39 is 0 Å². The Hall–Kier alpha value is -3.44. The second-order valence-corrected chi connectivity index (χ2v) is 11.7. The zero-order valence-corrected chi connectivity index (χ0v) is 25.9. The van der Waals surface area contributed by atoms with E-state index in [1.165, 1.54) is 0 Å². The molecule has 2 N–H and O–H groups in total. The van der Waals surface area contributed by atoms with Crippen molar-refractivity contribution in [2.75, 3.05) is 62.6 Å². The maximum atomic E-state index is 13.2. The third-order valence-corrected chi connectivity index (χ3v) is 7.96. The largest absolute Gasteiger partial charge is 0.489 e. The molecule has 4 rings (SSSR count). The molecule has 2 saturated heterocycles. The molecule has 0 saturated carbocycles. The molecule has 2 aromatic rings. The number of benzene rings is 1. The highest BCUT2D eigenvalue weighted by Gasteiger charge is 2.26. The first-order valence-electron chi connectivity index (χ1n) is 15.1. The summed E-state index contributed by atoms with van der Waals surface area (Å²) in [5, 5.41) is 6.51. The standard InChI is InChI=1S/C31H47N7O4/c1-7-24(19-39)38(21(2)3)29-27(36(4)5)18-32-31(35-29)34-26-11-10-22(17-28(26)42-20-25-9-8-16-41-25)30(40)33-23-12-14-37(6)15-13-23/h10-11,17-19,21,23-25H,7-9,12-16,20H2,1-6H3,(H,33,40)(H,32,34,35). The lowest BCUT2D eigenvalue weighted by Gasteiger charge is -2.35. The van der Waals surface area contributed by atoms with Crippen LogP contribution in [0.4, 0.5) is 23.1 Å². The Balaban J connectivity index is 1.62. The first-order valence-corrected chi connectivity index (χ1v) is 15.1. The number of aromatic nitrogens is 2. The molecule has 11 nitrogen and oxygen atoms in total. The predicted octanol–water partition coefficient (Wildman–Crippen LogP) is 3.86. The molecule has 2 fully saturated rings. The molecule has 1 aromatic heterocycles. The van der Waals surface area contributed by atoms with Crippen LogP contribution in [0.15, 0.2) is 24.4 Å². The number of ether oxygens (including phenoxy) is 2. The highest BCUT2D eigenvalue weighted by atomic mass is 16.5. The molecule has 0 spiro atoms. The Morgan fingerprint density at radius 3 is 2.62 bits per heavy atom. The van der Waals surface area contributed by atoms with Crippen LogP contribution in [-0.4, -0.2) is 98.7 Å². The van der Waals surface area contributed by atoms with E-state index in [1.54, 1.807) is 18.3 Å². The number of carbonyl (C=O) groups excluding carboxylic acids is 2. The summed E-state index contributed by atoms with van der Waals surface area (Å²) in [6.07, 6.45) is 7.23. The van der Waals surface area contributed by atoms with Crippen LogP contribution in [0, 0.1) is 0 Å². The Bertz CT molecular complexity index is 1190. The predicted molar refractivity (Wildman–Crippen MR) is 166 cm³/mol. The second kappa shape index (κ2) is 14.6. The van der Waals surface area contributed by atoms with Gasteiger partial charge >= 0.3 is 0 Å². The lowest BCUT2D eigenvalue weighted by atomic mass is 10.0. The Morgan fingerprint density at radius 2 is 2.00 bits per heavy atom. The Morgan fingerprint density at radius 1 is 1.24 bits per heavy atom. The topological polar surface area (TPSA) is 112 Å². The fourth-order valence-electron chi connectivity index (χ4n) is 5.46. The van der Waals surface area contributed by atoms with Gasteiger partial charge in [0.25, 0.3) is 5.91 Å². The maximum absolute atomic E-state index is 13.2. The molecule has 3 heterocycles. The Labute approximate surface area is 250 Å². The molecule has 42 heavy (non-hydrogen) atoms. The van der Waals surface area contributed by atoms with E-state index in [4.69, 9.17) is 14.5 Å². The first-order chi connectivity index (χ1) is 20.2. The van der Waals surface area contributed by atoms with Crippen molar-refractivity contribution >= 4 is 35.3 Å². The average Bonchev–Trinajstić information content (AvgIpc) is 3.50. The minimum atomic E-state index is -0.320. The van der Waals surface area contributed by atoms with Crippen molar-refractivity contribution < 1.29 is 19.1 Å². The van der Waals surface area contributed by atoms with E-state index in [-0.39, 0.29) is 30.1 Å². The fourth-order valence-corrected chi connectivity index (χ4v) is 5.46. The number of aldehydes is 1. The molecule has 1 amide bonds. The van der Waals surface area contributed by atoms with Gasteiger partial charge in [0.2, 0.25) is 5.95 Å². The van der Waals surface area contributed by atoms with Crippen LogP contribution in [-0.2, 0) is 9.53 Å². The first kappa shape index (κ1) is 31.5. The normalized spacial score (nSPS) is 18.5. The molecule has 2 unspecified atom stereocenters. The van der Waals surface area contributed by atoms with Crippen LogP contribution in [0.1, 0.15) is 63.2 Å². The fraction of sp³-hybridized carbons (Fsp3) is 0.613. The molecule has 0 aliphatic carbocycles. The summed E-state index contributed by atoms with van der Waals surface area (Å²) in [7, 11) is 5.97. The van der Waals surface area contributed by atoms with Crippen molar-refractivity contribution in [3.8, 4) is 5.75 Å². The van der Waals surface area contributed by atoms with E-state index in [1.807, 2.05) is 50.7 Å². The summed E-state index contributed by atoms with van der Waals surface area (Å²) in [6, 6.07) is 5.27. The monoisotopic (exact) mass is 581 g/mol. The lowest BCUT2D eigenvalue weighted by molar-refractivity contribution is -0.109. The summed E-state index contributed by atoms with van der Waals surface area (Å²) in [5.74, 6) is 1.46. The second-order valence-electron chi connectivity index (χ2n) is 11.7. The quantitative estimate of drug-likeness (QED) is 0.338. The van der Waals surface area contributed by atoms with Gasteiger partial charge in [-0.1, -0.05) is 6.92 Å². The van der Waals surface area contributed by atoms with Crippen molar-refractivity contribution in [1.82, 2.24) is 20.2 Å². The van der Waals surface area contributed by atoms with Gasteiger partial charge < -0.3 is 39.6 Å². The van der Waals surface area contributed by atoms with Crippen LogP contribution in [0.3, 0.4) is 0 Å². The molecule has 1 aromatic carbocycles. The van der Waals surface area contributed by atoms with Gasteiger partial charge in [-0.05, 0) is 84.3 Å². The molecule has 2 atom stereocenters. The third-order valence-electron chi connectivity index (χ3n) is 7.96. The van der Waals surface area contributed by atoms with Crippen LogP contribution < -0.4 is 25.2 Å². The molecular formula is C31H47N7O4. The summed E-state index contributed by atoms with van der Waals surface area (Å²) in [4.78, 5) is 40.9. The maximum Gasteiger partial charge on any atom is 0.251 e. The molecule has 0 bridgehead atoms. The van der Waals surface area contributed by atoms with Gasteiger partial charge in [-0.3, -0.25) is 4.79 Å². The SMILES string of the molecule is CCC(C=O)N(c1nc(Nc2ccc(C(=O)NC3CCN(C)CC3)cc2OCC2CCCO2)ncc1N(C)C)C(C)C. The lowest BCUT2D eigenvalue weighted by Crippen LogP contribution is -2.43. The molecule has 2 aliphatic rings. The van der Waals surface area contributed by atoms with Gasteiger partial charge in [-0.15, -0.1) is 0 Å². The third kappa shape index (κ3) is 7.89. The van der Waals surface area contributed by atoms with Crippen molar-refractivity contribution in [2.24, 2.45) is 0 Å². The zero-order valence-electron chi connectivity index (χ0n) is 25.9. The summed E-state index contributed by atoms with van der Waals surface area (Å²) < 4.78 is 12.0. The van der Waals surface area contributed by atoms with Crippen molar-refractivity contribution in [3.05, 3.63) is 30.0 Å².